The topological polar surface area (TPSA) is 46.3 Å². The fourth-order valence-corrected chi connectivity index (χ4v) is 3.32. The van der Waals surface area contributed by atoms with Gasteiger partial charge in [0.2, 0.25) is 5.91 Å². The van der Waals surface area contributed by atoms with Crippen LogP contribution >= 0.6 is 11.6 Å². The fraction of sp³-hybridized carbons (Fsp3) is 0.474. The monoisotopic (exact) mass is 346 g/mol. The molecular weight excluding hydrogens is 324 g/mol. The van der Waals surface area contributed by atoms with Gasteiger partial charge in [-0.15, -0.1) is 0 Å². The van der Waals surface area contributed by atoms with Crippen molar-refractivity contribution in [2.75, 3.05) is 13.1 Å². The van der Waals surface area contributed by atoms with Gasteiger partial charge in [0.15, 0.2) is 11.7 Å². The zero-order valence-electron chi connectivity index (χ0n) is 14.0. The van der Waals surface area contributed by atoms with E-state index >= 15 is 0 Å². The van der Waals surface area contributed by atoms with E-state index in [1.807, 2.05) is 29.2 Å². The molecule has 4 nitrogen and oxygen atoms in total. The number of halogens is 1. The summed E-state index contributed by atoms with van der Waals surface area (Å²) in [5, 5.41) is 0.634. The number of nitrogens with zero attached hydrogens (tertiary/aromatic N) is 2. The van der Waals surface area contributed by atoms with Crippen molar-refractivity contribution in [3.63, 3.8) is 0 Å². The minimum Gasteiger partial charge on any atom is -0.441 e. The quantitative estimate of drug-likeness (QED) is 0.814. The summed E-state index contributed by atoms with van der Waals surface area (Å²) in [7, 11) is 0. The SMILES string of the molecule is C[C@H]1CCCN(C(=O)CCc2ncc(-c3ccccc3Cl)o2)CC1. The Labute approximate surface area is 147 Å². The van der Waals surface area contributed by atoms with E-state index in [4.69, 9.17) is 16.0 Å². The lowest BCUT2D eigenvalue weighted by Gasteiger charge is -2.20. The Morgan fingerprint density at radius 3 is 3.00 bits per heavy atom. The highest BCUT2D eigenvalue weighted by molar-refractivity contribution is 6.33. The van der Waals surface area contributed by atoms with E-state index in [0.717, 1.165) is 31.5 Å². The van der Waals surface area contributed by atoms with E-state index in [0.29, 0.717) is 35.4 Å². The zero-order chi connectivity index (χ0) is 16.9. The van der Waals surface area contributed by atoms with Crippen LogP contribution in [-0.2, 0) is 11.2 Å². The summed E-state index contributed by atoms with van der Waals surface area (Å²) in [5.41, 5.74) is 0.825. The maximum atomic E-state index is 12.4. The molecule has 2 heterocycles. The van der Waals surface area contributed by atoms with Gasteiger partial charge in [-0.25, -0.2) is 4.98 Å². The first-order valence-electron chi connectivity index (χ1n) is 8.61. The summed E-state index contributed by atoms with van der Waals surface area (Å²) in [6.45, 7) is 4.01. The molecule has 0 spiro atoms. The highest BCUT2D eigenvalue weighted by Crippen LogP contribution is 2.28. The highest BCUT2D eigenvalue weighted by atomic mass is 35.5. The molecule has 1 saturated heterocycles. The van der Waals surface area contributed by atoms with Crippen molar-refractivity contribution in [3.8, 4) is 11.3 Å². The summed E-state index contributed by atoms with van der Waals surface area (Å²) in [5.74, 6) is 2.14. The lowest BCUT2D eigenvalue weighted by molar-refractivity contribution is -0.131. The standard InChI is InChI=1S/C19H23ClN2O2/c1-14-5-4-11-22(12-10-14)19(23)9-8-18-21-13-17(24-18)15-6-2-3-7-16(15)20/h2-3,6-7,13-14H,4-5,8-12H2,1H3/t14-/m0/s1. The van der Waals surface area contributed by atoms with Gasteiger partial charge in [0, 0.05) is 31.5 Å². The van der Waals surface area contributed by atoms with Crippen molar-refractivity contribution < 1.29 is 9.21 Å². The lowest BCUT2D eigenvalue weighted by atomic mass is 10.0. The Balaban J connectivity index is 1.57. The average Bonchev–Trinajstić information content (AvgIpc) is 2.94. The molecule has 2 aromatic rings. The van der Waals surface area contributed by atoms with Crippen molar-refractivity contribution in [1.29, 1.82) is 0 Å². The van der Waals surface area contributed by atoms with Crippen LogP contribution in [0, 0.1) is 5.92 Å². The third-order valence-electron chi connectivity index (χ3n) is 4.62. The molecule has 0 unspecified atom stereocenters. The van der Waals surface area contributed by atoms with Crippen molar-refractivity contribution in [2.45, 2.75) is 39.0 Å². The van der Waals surface area contributed by atoms with E-state index in [2.05, 4.69) is 11.9 Å². The molecule has 0 N–H and O–H groups in total. The second kappa shape index (κ2) is 7.84. The Morgan fingerprint density at radius 2 is 2.17 bits per heavy atom. The van der Waals surface area contributed by atoms with Crippen LogP contribution < -0.4 is 0 Å². The predicted octanol–water partition coefficient (Wildman–Crippen LogP) is 4.58. The number of aromatic nitrogens is 1. The Morgan fingerprint density at radius 1 is 1.33 bits per heavy atom. The number of benzene rings is 1. The largest absolute Gasteiger partial charge is 0.441 e. The summed E-state index contributed by atoms with van der Waals surface area (Å²) in [4.78, 5) is 18.7. The van der Waals surface area contributed by atoms with Gasteiger partial charge in [-0.05, 0) is 37.3 Å². The number of amides is 1. The maximum Gasteiger partial charge on any atom is 0.223 e. The third-order valence-corrected chi connectivity index (χ3v) is 4.94. The van der Waals surface area contributed by atoms with Crippen LogP contribution in [-0.4, -0.2) is 28.9 Å². The van der Waals surface area contributed by atoms with E-state index < -0.39 is 0 Å². The van der Waals surface area contributed by atoms with Crippen LogP contribution in [0.1, 0.15) is 38.5 Å². The Kier molecular flexibility index (Phi) is 5.56. The molecule has 1 aromatic carbocycles. The molecule has 1 atom stereocenters. The molecule has 0 aliphatic carbocycles. The summed E-state index contributed by atoms with van der Waals surface area (Å²) < 4.78 is 5.76. The minimum absolute atomic E-state index is 0.196. The predicted molar refractivity (Wildman–Crippen MR) is 94.9 cm³/mol. The molecule has 128 valence electrons. The second-order valence-electron chi connectivity index (χ2n) is 6.51. The van der Waals surface area contributed by atoms with Crippen molar-refractivity contribution >= 4 is 17.5 Å². The number of aryl methyl sites for hydroxylation is 1. The summed E-state index contributed by atoms with van der Waals surface area (Å²) >= 11 is 6.18. The third kappa shape index (κ3) is 4.18. The molecular formula is C19H23ClN2O2. The van der Waals surface area contributed by atoms with Crippen LogP contribution in [0.5, 0.6) is 0 Å². The Bertz CT molecular complexity index is 698. The zero-order valence-corrected chi connectivity index (χ0v) is 14.8. The number of likely N-dealkylation sites (tertiary alicyclic amines) is 1. The first-order chi connectivity index (χ1) is 11.6. The normalized spacial score (nSPS) is 18.4. The summed E-state index contributed by atoms with van der Waals surface area (Å²) in [6.07, 6.45) is 6.05. The smallest absolute Gasteiger partial charge is 0.223 e. The van der Waals surface area contributed by atoms with E-state index in [9.17, 15) is 4.79 Å². The van der Waals surface area contributed by atoms with Gasteiger partial charge in [0.05, 0.1) is 11.2 Å². The van der Waals surface area contributed by atoms with Crippen LogP contribution in [0.2, 0.25) is 5.02 Å². The first-order valence-corrected chi connectivity index (χ1v) is 8.98. The van der Waals surface area contributed by atoms with Gasteiger partial charge in [-0.3, -0.25) is 4.79 Å². The van der Waals surface area contributed by atoms with Gasteiger partial charge < -0.3 is 9.32 Å². The van der Waals surface area contributed by atoms with Crippen molar-refractivity contribution in [2.24, 2.45) is 5.92 Å². The number of carbonyl (C=O) groups excluding carboxylic acids is 1. The van der Waals surface area contributed by atoms with Crippen molar-refractivity contribution in [1.82, 2.24) is 9.88 Å². The van der Waals surface area contributed by atoms with Crippen LogP contribution in [0.4, 0.5) is 0 Å². The van der Waals surface area contributed by atoms with E-state index in [1.54, 1.807) is 6.20 Å². The van der Waals surface area contributed by atoms with Gasteiger partial charge in [0.25, 0.3) is 0 Å². The molecule has 1 aliphatic heterocycles. The summed E-state index contributed by atoms with van der Waals surface area (Å²) in [6, 6.07) is 7.51. The molecule has 1 aromatic heterocycles. The van der Waals surface area contributed by atoms with Crippen LogP contribution in [0.25, 0.3) is 11.3 Å². The number of hydrogen-bond donors (Lipinski definition) is 0. The average molecular weight is 347 g/mol. The first kappa shape index (κ1) is 17.0. The molecule has 1 fully saturated rings. The van der Waals surface area contributed by atoms with Crippen LogP contribution in [0.15, 0.2) is 34.9 Å². The van der Waals surface area contributed by atoms with E-state index in [-0.39, 0.29) is 5.91 Å². The molecule has 24 heavy (non-hydrogen) atoms. The lowest BCUT2D eigenvalue weighted by Crippen LogP contribution is -2.32. The number of hydrogen-bond acceptors (Lipinski definition) is 3. The van der Waals surface area contributed by atoms with Gasteiger partial charge in [-0.2, -0.15) is 0 Å². The molecule has 1 amide bonds. The van der Waals surface area contributed by atoms with Gasteiger partial charge in [0.1, 0.15) is 0 Å². The number of rotatable bonds is 4. The molecule has 3 rings (SSSR count). The van der Waals surface area contributed by atoms with E-state index in [1.165, 1.54) is 6.42 Å². The van der Waals surface area contributed by atoms with Gasteiger partial charge >= 0.3 is 0 Å². The number of carbonyl (C=O) groups is 1. The molecule has 0 radical (unpaired) electrons. The fourth-order valence-electron chi connectivity index (χ4n) is 3.10. The molecule has 0 bridgehead atoms. The highest BCUT2D eigenvalue weighted by Gasteiger charge is 2.19. The molecule has 0 saturated carbocycles. The minimum atomic E-state index is 0.196. The Hall–Kier alpha value is -1.81. The molecule has 5 heteroatoms. The van der Waals surface area contributed by atoms with Crippen molar-refractivity contribution in [3.05, 3.63) is 41.4 Å². The second-order valence-corrected chi connectivity index (χ2v) is 6.92. The molecule has 1 aliphatic rings. The van der Waals surface area contributed by atoms with Gasteiger partial charge in [-0.1, -0.05) is 30.7 Å². The van der Waals surface area contributed by atoms with Crippen LogP contribution in [0.3, 0.4) is 0 Å². The number of oxazole rings is 1. The maximum absolute atomic E-state index is 12.4.